The number of hydrogen-bond donors (Lipinski definition) is 0. The highest BCUT2D eigenvalue weighted by molar-refractivity contribution is 7.96. The topological polar surface area (TPSA) is 26.3 Å². The molecule has 3 heteroatoms. The molecule has 0 N–H and O–H groups in total. The highest BCUT2D eigenvalue weighted by Crippen LogP contribution is 2.61. The Kier molecular flexibility index (Phi) is 7.55. The number of carbonyl (C=O) groups excluding carboxylic acids is 1. The first-order valence-electron chi connectivity index (χ1n) is 11.5. The van der Waals surface area contributed by atoms with Gasteiger partial charge in [0, 0.05) is 0 Å². The third-order valence-electron chi connectivity index (χ3n) is 6.66. The van der Waals surface area contributed by atoms with E-state index in [1.807, 2.05) is 0 Å². The van der Waals surface area contributed by atoms with Crippen LogP contribution < -0.4 is 15.9 Å². The molecule has 1 aliphatic carbocycles. The zero-order valence-electron chi connectivity index (χ0n) is 18.8. The molecule has 1 aliphatic rings. The fourth-order valence-corrected chi connectivity index (χ4v) is 9.95. The molecule has 0 fully saturated rings. The Bertz CT molecular complexity index is 918. The van der Waals surface area contributed by atoms with E-state index in [0.717, 1.165) is 25.7 Å². The van der Waals surface area contributed by atoms with Crippen molar-refractivity contribution in [2.24, 2.45) is 5.92 Å². The Labute approximate surface area is 192 Å². The van der Waals surface area contributed by atoms with Gasteiger partial charge in [-0.1, -0.05) is 66.7 Å². The maximum absolute atomic E-state index is 13.5. The number of benzene rings is 3. The van der Waals surface area contributed by atoms with Gasteiger partial charge in [-0.3, -0.25) is 0 Å². The van der Waals surface area contributed by atoms with E-state index < -0.39 is 7.26 Å². The van der Waals surface area contributed by atoms with Crippen molar-refractivity contribution in [3.05, 3.63) is 103 Å². The highest BCUT2D eigenvalue weighted by Gasteiger charge is 2.56. The van der Waals surface area contributed by atoms with E-state index in [1.54, 1.807) is 0 Å². The summed E-state index contributed by atoms with van der Waals surface area (Å²) in [5.41, 5.74) is -0.217. The molecule has 164 valence electrons. The van der Waals surface area contributed by atoms with Crippen molar-refractivity contribution in [2.75, 3.05) is 7.11 Å². The SMILES string of the molecule is COC(=O)C(CCC1CC=CCC1)[P+](c1ccccc1)(c1ccccc1)c1ccccc1. The molecule has 0 aliphatic heterocycles. The maximum Gasteiger partial charge on any atom is 0.347 e. The maximum atomic E-state index is 13.5. The van der Waals surface area contributed by atoms with Gasteiger partial charge in [0.05, 0.1) is 7.11 Å². The van der Waals surface area contributed by atoms with Crippen molar-refractivity contribution in [1.82, 2.24) is 0 Å². The molecule has 0 aromatic heterocycles. The van der Waals surface area contributed by atoms with Gasteiger partial charge in [-0.2, -0.15) is 0 Å². The molecule has 3 aromatic rings. The van der Waals surface area contributed by atoms with E-state index in [0.29, 0.717) is 5.92 Å². The van der Waals surface area contributed by atoms with Crippen LogP contribution in [0.15, 0.2) is 103 Å². The summed E-state index contributed by atoms with van der Waals surface area (Å²) in [5.74, 6) is 0.539. The normalized spacial score (nSPS) is 17.0. The smallest absolute Gasteiger partial charge is 0.347 e. The molecule has 0 heterocycles. The molecule has 2 unspecified atom stereocenters. The number of esters is 1. The number of hydrogen-bond acceptors (Lipinski definition) is 2. The second-order valence-corrected chi connectivity index (χ2v) is 12.1. The first-order chi connectivity index (χ1) is 15.8. The molecule has 4 rings (SSSR count). The summed E-state index contributed by atoms with van der Waals surface area (Å²) in [7, 11) is -0.760. The lowest BCUT2D eigenvalue weighted by Gasteiger charge is -2.34. The molecule has 0 spiro atoms. The molecular formula is C29H32O2P+. The van der Waals surface area contributed by atoms with E-state index in [4.69, 9.17) is 4.74 Å². The Morgan fingerprint density at radius 2 is 1.34 bits per heavy atom. The molecule has 0 saturated heterocycles. The van der Waals surface area contributed by atoms with Crippen LogP contribution in [0.5, 0.6) is 0 Å². The molecule has 3 aromatic carbocycles. The van der Waals surface area contributed by atoms with Crippen molar-refractivity contribution < 1.29 is 9.53 Å². The van der Waals surface area contributed by atoms with Crippen LogP contribution in [0.3, 0.4) is 0 Å². The van der Waals surface area contributed by atoms with Gasteiger partial charge < -0.3 is 4.74 Å². The Morgan fingerprint density at radius 3 is 1.75 bits per heavy atom. The largest absolute Gasteiger partial charge is 0.466 e. The van der Waals surface area contributed by atoms with E-state index in [2.05, 4.69) is 103 Å². The van der Waals surface area contributed by atoms with Gasteiger partial charge in [-0.25, -0.2) is 4.79 Å². The van der Waals surface area contributed by atoms with Crippen LogP contribution in [-0.4, -0.2) is 18.7 Å². The Balaban J connectivity index is 1.90. The van der Waals surface area contributed by atoms with Crippen LogP contribution in [-0.2, 0) is 9.53 Å². The summed E-state index contributed by atoms with van der Waals surface area (Å²) in [5, 5.41) is 3.70. The second kappa shape index (κ2) is 10.7. The van der Waals surface area contributed by atoms with E-state index >= 15 is 0 Å². The molecule has 32 heavy (non-hydrogen) atoms. The Morgan fingerprint density at radius 1 is 0.844 bits per heavy atom. The summed E-state index contributed by atoms with van der Waals surface area (Å²) in [4.78, 5) is 13.5. The summed E-state index contributed by atoms with van der Waals surface area (Å²) >= 11 is 0. The molecule has 0 radical (unpaired) electrons. The lowest BCUT2D eigenvalue weighted by Crippen LogP contribution is -2.43. The van der Waals surface area contributed by atoms with E-state index in [9.17, 15) is 4.79 Å². The average Bonchev–Trinajstić information content (AvgIpc) is 2.88. The molecule has 0 saturated carbocycles. The number of methoxy groups -OCH3 is 1. The lowest BCUT2D eigenvalue weighted by atomic mass is 9.90. The van der Waals surface area contributed by atoms with Gasteiger partial charge in [-0.05, 0) is 74.4 Å². The lowest BCUT2D eigenvalue weighted by molar-refractivity contribution is -0.140. The summed E-state index contributed by atoms with van der Waals surface area (Å²) in [6, 6.07) is 31.9. The predicted molar refractivity (Wildman–Crippen MR) is 137 cm³/mol. The van der Waals surface area contributed by atoms with E-state index in [1.165, 1.54) is 29.4 Å². The van der Waals surface area contributed by atoms with Crippen LogP contribution in [0.2, 0.25) is 0 Å². The van der Waals surface area contributed by atoms with Gasteiger partial charge in [0.2, 0.25) is 0 Å². The molecular weight excluding hydrogens is 411 g/mol. The summed E-state index contributed by atoms with van der Waals surface area (Å²) < 4.78 is 5.50. The van der Waals surface area contributed by atoms with Gasteiger partial charge in [0.25, 0.3) is 0 Å². The van der Waals surface area contributed by atoms with Crippen molar-refractivity contribution in [1.29, 1.82) is 0 Å². The van der Waals surface area contributed by atoms with Gasteiger partial charge in [0.15, 0.2) is 5.66 Å². The van der Waals surface area contributed by atoms with Gasteiger partial charge >= 0.3 is 5.97 Å². The zero-order valence-corrected chi connectivity index (χ0v) is 19.7. The third-order valence-corrected chi connectivity index (χ3v) is 11.4. The minimum absolute atomic E-state index is 0.0961. The first kappa shape index (κ1) is 22.5. The van der Waals surface area contributed by atoms with Gasteiger partial charge in [0.1, 0.15) is 23.2 Å². The molecule has 0 bridgehead atoms. The number of rotatable bonds is 8. The van der Waals surface area contributed by atoms with Crippen molar-refractivity contribution in [2.45, 2.75) is 37.8 Å². The van der Waals surface area contributed by atoms with Crippen LogP contribution in [0.4, 0.5) is 0 Å². The fraction of sp³-hybridized carbons (Fsp3) is 0.276. The average molecular weight is 444 g/mol. The van der Waals surface area contributed by atoms with Crippen molar-refractivity contribution >= 4 is 29.1 Å². The van der Waals surface area contributed by atoms with Crippen molar-refractivity contribution in [3.63, 3.8) is 0 Å². The summed E-state index contributed by atoms with van der Waals surface area (Å²) in [6.07, 6.45) is 9.91. The molecule has 2 nitrogen and oxygen atoms in total. The van der Waals surface area contributed by atoms with E-state index in [-0.39, 0.29) is 11.6 Å². The minimum Gasteiger partial charge on any atom is -0.466 e. The quantitative estimate of drug-likeness (QED) is 0.255. The van der Waals surface area contributed by atoms with Crippen LogP contribution in [0, 0.1) is 5.92 Å². The molecule has 0 amide bonds. The van der Waals surface area contributed by atoms with Crippen LogP contribution >= 0.6 is 7.26 Å². The van der Waals surface area contributed by atoms with Gasteiger partial charge in [-0.15, -0.1) is 0 Å². The predicted octanol–water partition coefficient (Wildman–Crippen LogP) is 5.66. The first-order valence-corrected chi connectivity index (χ1v) is 13.4. The number of ether oxygens (including phenoxy) is 1. The second-order valence-electron chi connectivity index (χ2n) is 8.50. The van der Waals surface area contributed by atoms with Crippen LogP contribution in [0.1, 0.15) is 32.1 Å². The zero-order chi connectivity index (χ0) is 22.2. The van der Waals surface area contributed by atoms with Crippen LogP contribution in [0.25, 0.3) is 0 Å². The number of allylic oxidation sites excluding steroid dienone is 2. The highest BCUT2D eigenvalue weighted by atomic mass is 31.2. The molecule has 2 atom stereocenters. The summed E-state index contributed by atoms with van der Waals surface area (Å²) in [6.45, 7) is 0. The standard InChI is InChI=1S/C29H32O2P/c1-31-29(30)28(23-22-24-14-6-2-7-15-24)32(25-16-8-3-9-17-25,26-18-10-4-11-19-26)27-20-12-5-13-21-27/h2-6,8-13,16-21,24,28H,7,14-15,22-23H2,1H3/q+1. The minimum atomic E-state index is -2.30. The van der Waals surface area contributed by atoms with Crippen molar-refractivity contribution in [3.8, 4) is 0 Å². The number of carbonyl (C=O) groups is 1. The third kappa shape index (κ3) is 4.57. The Hall–Kier alpha value is -2.70. The monoisotopic (exact) mass is 443 g/mol. The fourth-order valence-electron chi connectivity index (χ4n) is 5.09.